The standard InChI is InChI=1S/C15H9F3N6OS/c1-8-13(26-23-21-8)14(25)20-9-2-4-10(5-3-9)24-11(7-19)6-12(22-24)15(16,17)18/h2-6H,1H3,(H,20,25). The summed E-state index contributed by atoms with van der Waals surface area (Å²) in [6, 6.07) is 8.23. The van der Waals surface area contributed by atoms with E-state index < -0.39 is 11.9 Å². The molecule has 0 spiro atoms. The summed E-state index contributed by atoms with van der Waals surface area (Å²) in [5.74, 6) is -0.388. The number of halogens is 3. The van der Waals surface area contributed by atoms with Crippen LogP contribution >= 0.6 is 11.5 Å². The van der Waals surface area contributed by atoms with E-state index in [9.17, 15) is 18.0 Å². The Morgan fingerprint density at radius 2 is 2.00 bits per heavy atom. The Hall–Kier alpha value is -3.26. The number of hydrogen-bond donors (Lipinski definition) is 1. The first-order valence-electron chi connectivity index (χ1n) is 7.07. The minimum absolute atomic E-state index is 0.250. The number of aryl methyl sites for hydroxylation is 1. The van der Waals surface area contributed by atoms with Crippen molar-refractivity contribution in [1.82, 2.24) is 19.4 Å². The molecule has 1 N–H and O–H groups in total. The van der Waals surface area contributed by atoms with E-state index in [1.807, 2.05) is 0 Å². The first-order valence-corrected chi connectivity index (χ1v) is 7.85. The summed E-state index contributed by atoms with van der Waals surface area (Å²) in [6.45, 7) is 1.65. The predicted molar refractivity (Wildman–Crippen MR) is 85.9 cm³/mol. The van der Waals surface area contributed by atoms with E-state index in [-0.39, 0.29) is 17.3 Å². The maximum Gasteiger partial charge on any atom is 0.435 e. The lowest BCUT2D eigenvalue weighted by Crippen LogP contribution is -2.11. The van der Waals surface area contributed by atoms with E-state index in [2.05, 4.69) is 20.0 Å². The molecule has 3 aromatic rings. The van der Waals surface area contributed by atoms with Crippen LogP contribution in [-0.4, -0.2) is 25.3 Å². The second kappa shape index (κ2) is 6.57. The summed E-state index contributed by atoms with van der Waals surface area (Å²) in [6.07, 6.45) is -4.65. The first-order chi connectivity index (χ1) is 12.3. The van der Waals surface area contributed by atoms with E-state index in [1.165, 1.54) is 24.3 Å². The maximum atomic E-state index is 12.8. The van der Waals surface area contributed by atoms with E-state index in [4.69, 9.17) is 5.26 Å². The number of hydrogen-bond acceptors (Lipinski definition) is 6. The van der Waals surface area contributed by atoms with Gasteiger partial charge in [-0.3, -0.25) is 4.79 Å². The van der Waals surface area contributed by atoms with Gasteiger partial charge in [-0.05, 0) is 42.7 Å². The largest absolute Gasteiger partial charge is 0.435 e. The van der Waals surface area contributed by atoms with E-state index in [1.54, 1.807) is 13.0 Å². The van der Waals surface area contributed by atoms with Gasteiger partial charge in [-0.1, -0.05) is 4.49 Å². The molecule has 0 saturated carbocycles. The molecule has 0 atom stereocenters. The minimum atomic E-state index is -4.65. The van der Waals surface area contributed by atoms with Gasteiger partial charge < -0.3 is 5.32 Å². The zero-order valence-electron chi connectivity index (χ0n) is 13.1. The average Bonchev–Trinajstić information content (AvgIpc) is 3.21. The van der Waals surface area contributed by atoms with Crippen molar-refractivity contribution in [1.29, 1.82) is 5.26 Å². The van der Waals surface area contributed by atoms with Crippen molar-refractivity contribution in [3.05, 3.63) is 52.3 Å². The van der Waals surface area contributed by atoms with Crippen LogP contribution in [0, 0.1) is 18.3 Å². The van der Waals surface area contributed by atoms with Crippen LogP contribution in [-0.2, 0) is 6.18 Å². The van der Waals surface area contributed by atoms with Crippen LogP contribution in [0.25, 0.3) is 5.69 Å². The zero-order chi connectivity index (χ0) is 18.9. The van der Waals surface area contributed by atoms with Crippen LogP contribution in [0.15, 0.2) is 30.3 Å². The van der Waals surface area contributed by atoms with Gasteiger partial charge in [0.15, 0.2) is 5.69 Å². The molecule has 0 aliphatic heterocycles. The quantitative estimate of drug-likeness (QED) is 0.755. The molecule has 132 valence electrons. The van der Waals surface area contributed by atoms with Gasteiger partial charge in [-0.2, -0.15) is 23.5 Å². The summed E-state index contributed by atoms with van der Waals surface area (Å²) in [4.78, 5) is 12.5. The van der Waals surface area contributed by atoms with Gasteiger partial charge in [0.25, 0.3) is 5.91 Å². The Balaban J connectivity index is 1.84. The van der Waals surface area contributed by atoms with Crippen LogP contribution in [0.3, 0.4) is 0 Å². The summed E-state index contributed by atoms with van der Waals surface area (Å²) < 4.78 is 42.9. The van der Waals surface area contributed by atoms with Gasteiger partial charge in [-0.25, -0.2) is 4.68 Å². The lowest BCUT2D eigenvalue weighted by molar-refractivity contribution is -0.141. The smallest absolute Gasteiger partial charge is 0.321 e. The van der Waals surface area contributed by atoms with Crippen molar-refractivity contribution >= 4 is 23.1 Å². The van der Waals surface area contributed by atoms with Gasteiger partial charge in [0.1, 0.15) is 16.6 Å². The highest BCUT2D eigenvalue weighted by molar-refractivity contribution is 7.08. The first kappa shape index (κ1) is 17.6. The summed E-state index contributed by atoms with van der Waals surface area (Å²) in [5, 5.41) is 18.8. The van der Waals surface area contributed by atoms with Gasteiger partial charge in [0.05, 0.1) is 11.4 Å². The molecule has 0 unspecified atom stereocenters. The average molecular weight is 378 g/mol. The molecule has 0 saturated heterocycles. The molecular weight excluding hydrogens is 369 g/mol. The fourth-order valence-corrected chi connectivity index (χ4v) is 2.66. The third kappa shape index (κ3) is 3.40. The van der Waals surface area contributed by atoms with Crippen molar-refractivity contribution in [3.63, 3.8) is 0 Å². The van der Waals surface area contributed by atoms with E-state index in [0.717, 1.165) is 16.2 Å². The van der Waals surface area contributed by atoms with Gasteiger partial charge in [0.2, 0.25) is 0 Å². The molecule has 11 heteroatoms. The van der Waals surface area contributed by atoms with Crippen LogP contribution < -0.4 is 5.32 Å². The third-order valence-electron chi connectivity index (χ3n) is 3.34. The number of rotatable bonds is 3. The highest BCUT2D eigenvalue weighted by atomic mass is 32.1. The molecule has 0 radical (unpaired) electrons. The molecule has 0 aliphatic rings. The summed E-state index contributed by atoms with van der Waals surface area (Å²) in [5.41, 5.74) is -0.224. The monoisotopic (exact) mass is 378 g/mol. The summed E-state index contributed by atoms with van der Waals surface area (Å²) >= 11 is 0.957. The number of amides is 1. The Labute approximate surface area is 148 Å². The van der Waals surface area contributed by atoms with Crippen molar-refractivity contribution in [2.45, 2.75) is 13.1 Å². The number of nitrogens with one attached hydrogen (secondary N) is 1. The number of carbonyl (C=O) groups is 1. The topological polar surface area (TPSA) is 96.5 Å². The number of benzene rings is 1. The second-order valence-electron chi connectivity index (χ2n) is 5.12. The van der Waals surface area contributed by atoms with Gasteiger partial charge in [-0.15, -0.1) is 5.10 Å². The van der Waals surface area contributed by atoms with Gasteiger partial charge in [0, 0.05) is 11.8 Å². The number of anilines is 1. The number of carbonyl (C=O) groups excluding carboxylic acids is 1. The Kier molecular flexibility index (Phi) is 4.43. The highest BCUT2D eigenvalue weighted by Crippen LogP contribution is 2.29. The number of alkyl halides is 3. The normalized spacial score (nSPS) is 11.2. The van der Waals surface area contributed by atoms with E-state index >= 15 is 0 Å². The number of aromatic nitrogens is 4. The van der Waals surface area contributed by atoms with Crippen molar-refractivity contribution < 1.29 is 18.0 Å². The fraction of sp³-hybridized carbons (Fsp3) is 0.133. The number of nitriles is 1. The molecule has 1 amide bonds. The Morgan fingerprint density at radius 3 is 2.54 bits per heavy atom. The van der Waals surface area contributed by atoms with Crippen LogP contribution in [0.5, 0.6) is 0 Å². The molecule has 0 bridgehead atoms. The fourth-order valence-electron chi connectivity index (χ4n) is 2.11. The molecule has 0 fully saturated rings. The molecule has 3 rings (SSSR count). The van der Waals surface area contributed by atoms with Crippen LogP contribution in [0.4, 0.5) is 18.9 Å². The Morgan fingerprint density at radius 1 is 1.31 bits per heavy atom. The summed E-state index contributed by atoms with van der Waals surface area (Å²) in [7, 11) is 0. The third-order valence-corrected chi connectivity index (χ3v) is 4.17. The molecule has 2 heterocycles. The lowest BCUT2D eigenvalue weighted by Gasteiger charge is -2.07. The Bertz CT molecular complexity index is 1000. The maximum absolute atomic E-state index is 12.8. The lowest BCUT2D eigenvalue weighted by atomic mass is 10.2. The second-order valence-corrected chi connectivity index (χ2v) is 5.88. The molecule has 0 aliphatic carbocycles. The minimum Gasteiger partial charge on any atom is -0.321 e. The number of nitrogens with zero attached hydrogens (tertiary/aromatic N) is 5. The highest BCUT2D eigenvalue weighted by Gasteiger charge is 2.35. The van der Waals surface area contributed by atoms with Crippen molar-refractivity contribution in [2.24, 2.45) is 0 Å². The zero-order valence-corrected chi connectivity index (χ0v) is 13.9. The van der Waals surface area contributed by atoms with Crippen molar-refractivity contribution in [2.75, 3.05) is 5.32 Å². The SMILES string of the molecule is Cc1nnsc1C(=O)Nc1ccc(-n2nc(C(F)(F)F)cc2C#N)cc1. The molecule has 7 nitrogen and oxygen atoms in total. The van der Waals surface area contributed by atoms with Gasteiger partial charge >= 0.3 is 6.18 Å². The van der Waals surface area contributed by atoms with Crippen LogP contribution in [0.1, 0.15) is 26.8 Å². The molecular formula is C15H9F3N6OS. The predicted octanol–water partition coefficient (Wildman–Crippen LogP) is 3.18. The molecule has 1 aromatic carbocycles. The van der Waals surface area contributed by atoms with Crippen molar-refractivity contribution in [3.8, 4) is 11.8 Å². The molecule has 26 heavy (non-hydrogen) atoms. The molecule has 2 aromatic heterocycles. The van der Waals surface area contributed by atoms with E-state index in [0.29, 0.717) is 22.3 Å². The van der Waals surface area contributed by atoms with Crippen LogP contribution in [0.2, 0.25) is 0 Å².